The van der Waals surface area contributed by atoms with Gasteiger partial charge in [0.15, 0.2) is 11.5 Å². The Labute approximate surface area is 186 Å². The van der Waals surface area contributed by atoms with Crippen LogP contribution in [0.15, 0.2) is 71.8 Å². The van der Waals surface area contributed by atoms with Gasteiger partial charge in [0.25, 0.3) is 0 Å². The standard InChI is InChI=1S/C24H24N6O2/c1-31-21-10-6-5-9-19(21)17-25-27-22-16-24(29-11-13-32-14-12-29)30-23(26-22)15-20(28-30)18-7-3-2-4-8-18/h2-10,15-17H,11-14H2,1H3,(H,26,27)/b25-17+. The molecule has 4 aromatic rings. The highest BCUT2D eigenvalue weighted by molar-refractivity contribution is 5.84. The SMILES string of the molecule is COc1ccccc1/C=N/Nc1cc(N2CCOCC2)n2nc(-c3ccccc3)cc2n1. The van der Waals surface area contributed by atoms with Gasteiger partial charge in [0, 0.05) is 36.3 Å². The molecule has 2 aromatic heterocycles. The van der Waals surface area contributed by atoms with Crippen LogP contribution in [-0.4, -0.2) is 54.2 Å². The number of hydrazone groups is 1. The van der Waals surface area contributed by atoms with Crippen LogP contribution in [0, 0.1) is 0 Å². The third kappa shape index (κ3) is 4.13. The second kappa shape index (κ2) is 9.07. The van der Waals surface area contributed by atoms with E-state index in [9.17, 15) is 0 Å². The molecule has 32 heavy (non-hydrogen) atoms. The molecule has 1 N–H and O–H groups in total. The Morgan fingerprint density at radius 2 is 1.81 bits per heavy atom. The van der Waals surface area contributed by atoms with Crippen molar-refractivity contribution < 1.29 is 9.47 Å². The summed E-state index contributed by atoms with van der Waals surface area (Å²) < 4.78 is 12.8. The minimum atomic E-state index is 0.643. The van der Waals surface area contributed by atoms with E-state index in [4.69, 9.17) is 19.6 Å². The zero-order valence-electron chi connectivity index (χ0n) is 17.8. The van der Waals surface area contributed by atoms with Crippen molar-refractivity contribution in [1.29, 1.82) is 0 Å². The molecule has 0 saturated carbocycles. The van der Waals surface area contributed by atoms with Gasteiger partial charge in [0.05, 0.1) is 32.2 Å². The van der Waals surface area contributed by atoms with E-state index in [1.54, 1.807) is 13.3 Å². The number of nitrogens with zero attached hydrogens (tertiary/aromatic N) is 5. The van der Waals surface area contributed by atoms with E-state index >= 15 is 0 Å². The second-order valence-corrected chi connectivity index (χ2v) is 7.38. The minimum Gasteiger partial charge on any atom is -0.496 e. The van der Waals surface area contributed by atoms with Gasteiger partial charge in [-0.15, -0.1) is 0 Å². The number of anilines is 2. The maximum absolute atomic E-state index is 5.54. The molecular formula is C24H24N6O2. The molecule has 8 heteroatoms. The number of fused-ring (bicyclic) bond motifs is 1. The summed E-state index contributed by atoms with van der Waals surface area (Å²) in [5, 5.41) is 9.23. The molecule has 0 amide bonds. The molecule has 8 nitrogen and oxygen atoms in total. The van der Waals surface area contributed by atoms with Crippen molar-refractivity contribution >= 4 is 23.5 Å². The molecule has 1 aliphatic rings. The predicted molar refractivity (Wildman–Crippen MR) is 126 cm³/mol. The van der Waals surface area contributed by atoms with Crippen molar-refractivity contribution in [3.05, 3.63) is 72.3 Å². The van der Waals surface area contributed by atoms with E-state index in [1.165, 1.54) is 0 Å². The molecular weight excluding hydrogens is 404 g/mol. The van der Waals surface area contributed by atoms with Crippen LogP contribution in [0.3, 0.4) is 0 Å². The zero-order chi connectivity index (χ0) is 21.8. The highest BCUT2D eigenvalue weighted by Gasteiger charge is 2.18. The molecule has 2 aromatic carbocycles. The average Bonchev–Trinajstić information content (AvgIpc) is 3.29. The van der Waals surface area contributed by atoms with E-state index in [2.05, 4.69) is 15.4 Å². The fourth-order valence-corrected chi connectivity index (χ4v) is 3.72. The highest BCUT2D eigenvalue weighted by Crippen LogP contribution is 2.26. The largest absolute Gasteiger partial charge is 0.496 e. The van der Waals surface area contributed by atoms with Gasteiger partial charge in [-0.05, 0) is 12.1 Å². The number of ether oxygens (including phenoxy) is 2. The van der Waals surface area contributed by atoms with Crippen LogP contribution in [0.4, 0.5) is 11.6 Å². The Morgan fingerprint density at radius 3 is 2.62 bits per heavy atom. The van der Waals surface area contributed by atoms with Crippen LogP contribution in [-0.2, 0) is 4.74 Å². The quantitative estimate of drug-likeness (QED) is 0.373. The summed E-state index contributed by atoms with van der Waals surface area (Å²) in [6, 6.07) is 21.8. The normalized spacial score (nSPS) is 14.2. The average molecular weight is 428 g/mol. The molecule has 1 aliphatic heterocycles. The zero-order valence-corrected chi connectivity index (χ0v) is 17.8. The Balaban J connectivity index is 1.50. The number of hydrogen-bond donors (Lipinski definition) is 1. The summed E-state index contributed by atoms with van der Waals surface area (Å²) in [5.41, 5.74) is 6.63. The number of aromatic nitrogens is 3. The Kier molecular flexibility index (Phi) is 5.67. The molecule has 162 valence electrons. The third-order valence-electron chi connectivity index (χ3n) is 5.33. The number of benzene rings is 2. The van der Waals surface area contributed by atoms with Gasteiger partial charge in [0.2, 0.25) is 0 Å². The van der Waals surface area contributed by atoms with Crippen LogP contribution in [0.25, 0.3) is 16.9 Å². The molecule has 1 saturated heterocycles. The van der Waals surface area contributed by atoms with Gasteiger partial charge in [0.1, 0.15) is 11.6 Å². The van der Waals surface area contributed by atoms with E-state index in [-0.39, 0.29) is 0 Å². The van der Waals surface area contributed by atoms with Gasteiger partial charge >= 0.3 is 0 Å². The first-order chi connectivity index (χ1) is 15.8. The van der Waals surface area contributed by atoms with Crippen molar-refractivity contribution in [3.8, 4) is 17.0 Å². The number of rotatable bonds is 6. The molecule has 0 radical (unpaired) electrons. The Bertz CT molecular complexity index is 1230. The molecule has 0 spiro atoms. The van der Waals surface area contributed by atoms with Crippen molar-refractivity contribution in [1.82, 2.24) is 14.6 Å². The Morgan fingerprint density at radius 1 is 1.03 bits per heavy atom. The van der Waals surface area contributed by atoms with Crippen LogP contribution in [0.2, 0.25) is 0 Å². The van der Waals surface area contributed by atoms with Gasteiger partial charge in [-0.2, -0.15) is 14.7 Å². The lowest BCUT2D eigenvalue weighted by atomic mass is 10.2. The number of hydrogen-bond acceptors (Lipinski definition) is 7. The maximum atomic E-state index is 5.54. The van der Waals surface area contributed by atoms with Crippen LogP contribution in [0.5, 0.6) is 5.75 Å². The van der Waals surface area contributed by atoms with Gasteiger partial charge in [-0.1, -0.05) is 42.5 Å². The summed E-state index contributed by atoms with van der Waals surface area (Å²) >= 11 is 0. The number of nitrogens with one attached hydrogen (secondary N) is 1. The molecule has 0 bridgehead atoms. The first-order valence-corrected chi connectivity index (χ1v) is 10.5. The number of methoxy groups -OCH3 is 1. The van der Waals surface area contributed by atoms with Gasteiger partial charge in [-0.25, -0.2) is 4.98 Å². The lowest BCUT2D eigenvalue weighted by molar-refractivity contribution is 0.122. The number of para-hydroxylation sites is 1. The fraction of sp³-hybridized carbons (Fsp3) is 0.208. The smallest absolute Gasteiger partial charge is 0.160 e. The second-order valence-electron chi connectivity index (χ2n) is 7.38. The van der Waals surface area contributed by atoms with Crippen molar-refractivity contribution in [2.24, 2.45) is 5.10 Å². The predicted octanol–water partition coefficient (Wildman–Crippen LogP) is 3.69. The molecule has 1 fully saturated rings. The number of morpholine rings is 1. The fourth-order valence-electron chi connectivity index (χ4n) is 3.72. The van der Waals surface area contributed by atoms with Crippen molar-refractivity contribution in [3.63, 3.8) is 0 Å². The van der Waals surface area contributed by atoms with Gasteiger partial charge < -0.3 is 14.4 Å². The maximum Gasteiger partial charge on any atom is 0.160 e. The lowest BCUT2D eigenvalue weighted by Crippen LogP contribution is -2.37. The summed E-state index contributed by atoms with van der Waals surface area (Å²) in [6.07, 6.45) is 1.73. The highest BCUT2D eigenvalue weighted by atomic mass is 16.5. The molecule has 3 heterocycles. The molecule has 0 atom stereocenters. The summed E-state index contributed by atoms with van der Waals surface area (Å²) in [7, 11) is 1.65. The molecule has 0 aliphatic carbocycles. The lowest BCUT2D eigenvalue weighted by Gasteiger charge is -2.29. The van der Waals surface area contributed by atoms with Crippen LogP contribution >= 0.6 is 0 Å². The minimum absolute atomic E-state index is 0.643. The topological polar surface area (TPSA) is 76.3 Å². The van der Waals surface area contributed by atoms with E-state index in [1.807, 2.05) is 71.2 Å². The summed E-state index contributed by atoms with van der Waals surface area (Å²) in [6.45, 7) is 2.96. The molecule has 0 unspecified atom stereocenters. The van der Waals surface area contributed by atoms with Crippen molar-refractivity contribution in [2.75, 3.05) is 43.7 Å². The van der Waals surface area contributed by atoms with Gasteiger partial charge in [-0.3, -0.25) is 5.43 Å². The van der Waals surface area contributed by atoms with Crippen LogP contribution in [0.1, 0.15) is 5.56 Å². The third-order valence-corrected chi connectivity index (χ3v) is 5.33. The Hall–Kier alpha value is -3.91. The van der Waals surface area contributed by atoms with E-state index in [0.717, 1.165) is 47.1 Å². The summed E-state index contributed by atoms with van der Waals surface area (Å²) in [5.74, 6) is 2.36. The van der Waals surface area contributed by atoms with E-state index in [0.29, 0.717) is 19.0 Å². The van der Waals surface area contributed by atoms with Crippen LogP contribution < -0.4 is 15.1 Å². The van der Waals surface area contributed by atoms with Crippen molar-refractivity contribution in [2.45, 2.75) is 0 Å². The molecule has 5 rings (SSSR count). The summed E-state index contributed by atoms with van der Waals surface area (Å²) in [4.78, 5) is 7.00. The first kappa shape index (κ1) is 20.0. The van der Waals surface area contributed by atoms with E-state index < -0.39 is 0 Å². The monoisotopic (exact) mass is 428 g/mol. The first-order valence-electron chi connectivity index (χ1n) is 10.5.